The molecule has 0 heterocycles. The van der Waals surface area contributed by atoms with E-state index in [-0.39, 0.29) is 27.8 Å². The SMILES string of the molecule is [2H]c1c([2H])c([2H])c(-c2c([2H])c([2H])c([2H])c(-c3cc(C(C)(C)C)cc(C([2H])([2H])[2H])c3C)c2[2H])c([2H])c1[2H]. The standard InChI is InChI=1S/C24H26/c1-17-14-22(24(3,4)5)16-23(18(17)2)21-13-9-12-20(15-21)19-10-7-6-8-11-19/h6-16H,1-5H3/i1D3,6D,7D,8D,9D,10D,11D,12D,13D,15D. The van der Waals surface area contributed by atoms with Crippen molar-refractivity contribution >= 4 is 0 Å². The highest BCUT2D eigenvalue weighted by atomic mass is 14.2. The van der Waals surface area contributed by atoms with Crippen molar-refractivity contribution in [1.29, 1.82) is 0 Å². The van der Waals surface area contributed by atoms with E-state index in [1.807, 2.05) is 20.8 Å². The Hall–Kier alpha value is -2.34. The predicted molar refractivity (Wildman–Crippen MR) is 105 cm³/mol. The van der Waals surface area contributed by atoms with Gasteiger partial charge in [0, 0.05) is 4.11 Å². The topological polar surface area (TPSA) is 0 Å². The van der Waals surface area contributed by atoms with E-state index in [0.717, 1.165) is 0 Å². The minimum Gasteiger partial charge on any atom is -0.0622 e. The van der Waals surface area contributed by atoms with Crippen molar-refractivity contribution in [1.82, 2.24) is 0 Å². The Labute approximate surface area is 163 Å². The van der Waals surface area contributed by atoms with Gasteiger partial charge in [-0.05, 0) is 64.2 Å². The Morgan fingerprint density at radius 3 is 2.17 bits per heavy atom. The minimum absolute atomic E-state index is 0.0227. The van der Waals surface area contributed by atoms with Crippen LogP contribution < -0.4 is 0 Å². The molecule has 0 N–H and O–H groups in total. The lowest BCUT2D eigenvalue weighted by atomic mass is 9.82. The van der Waals surface area contributed by atoms with Gasteiger partial charge >= 0.3 is 0 Å². The Morgan fingerprint density at radius 2 is 1.50 bits per heavy atom. The fraction of sp³-hybridized carbons (Fsp3) is 0.250. The lowest BCUT2D eigenvalue weighted by Gasteiger charge is -2.22. The van der Waals surface area contributed by atoms with Gasteiger partial charge in [-0.3, -0.25) is 0 Å². The first-order valence-corrected chi connectivity index (χ1v) is 7.65. The van der Waals surface area contributed by atoms with Crippen LogP contribution in [-0.4, -0.2) is 0 Å². The van der Waals surface area contributed by atoms with Crippen molar-refractivity contribution in [3.63, 3.8) is 0 Å². The molecule has 0 unspecified atom stereocenters. The van der Waals surface area contributed by atoms with Crippen LogP contribution in [0.4, 0.5) is 0 Å². The van der Waals surface area contributed by atoms with E-state index in [0.29, 0.717) is 5.56 Å². The fourth-order valence-electron chi connectivity index (χ4n) is 2.39. The van der Waals surface area contributed by atoms with Gasteiger partial charge in [0.1, 0.15) is 0 Å². The van der Waals surface area contributed by atoms with E-state index in [1.165, 1.54) is 0 Å². The van der Waals surface area contributed by atoms with Gasteiger partial charge in [0.2, 0.25) is 0 Å². The molecular weight excluding hydrogens is 288 g/mol. The molecule has 0 fully saturated rings. The summed E-state index contributed by atoms with van der Waals surface area (Å²) in [6.07, 6.45) is 0. The van der Waals surface area contributed by atoms with Crippen molar-refractivity contribution in [3.05, 3.63) is 83.2 Å². The molecule has 0 aliphatic carbocycles. The normalized spacial score (nSPS) is 19.2. The van der Waals surface area contributed by atoms with E-state index in [9.17, 15) is 0 Å². The zero-order valence-electron chi connectivity index (χ0n) is 26.2. The van der Waals surface area contributed by atoms with Gasteiger partial charge in [-0.2, -0.15) is 0 Å². The highest BCUT2D eigenvalue weighted by molar-refractivity contribution is 5.76. The van der Waals surface area contributed by atoms with E-state index >= 15 is 0 Å². The van der Waals surface area contributed by atoms with Crippen LogP contribution in [0.15, 0.2) is 66.5 Å². The van der Waals surface area contributed by atoms with Crippen molar-refractivity contribution < 1.29 is 16.4 Å². The average molecular weight is 327 g/mol. The lowest BCUT2D eigenvalue weighted by molar-refractivity contribution is 0.590. The molecule has 122 valence electrons. The molecule has 0 heteroatoms. The highest BCUT2D eigenvalue weighted by Gasteiger charge is 2.17. The third-order valence-electron chi connectivity index (χ3n) is 3.92. The molecule has 0 nitrogen and oxygen atoms in total. The van der Waals surface area contributed by atoms with Crippen LogP contribution in [0.1, 0.15) is 53.9 Å². The summed E-state index contributed by atoms with van der Waals surface area (Å²) < 4.78 is 98.9. The summed E-state index contributed by atoms with van der Waals surface area (Å²) in [5, 5.41) is 0. The molecule has 0 saturated heterocycles. The maximum absolute atomic E-state index is 8.94. The summed E-state index contributed by atoms with van der Waals surface area (Å²) in [6.45, 7) is 4.70. The third-order valence-corrected chi connectivity index (χ3v) is 3.92. The van der Waals surface area contributed by atoms with Crippen molar-refractivity contribution in [2.24, 2.45) is 0 Å². The Morgan fingerprint density at radius 1 is 0.833 bits per heavy atom. The van der Waals surface area contributed by atoms with Gasteiger partial charge < -0.3 is 0 Å². The van der Waals surface area contributed by atoms with Crippen LogP contribution >= 0.6 is 0 Å². The second-order valence-electron chi connectivity index (χ2n) is 6.70. The zero-order valence-corrected chi connectivity index (χ0v) is 14.2. The Balaban J connectivity index is 2.58. The molecule has 0 amide bonds. The summed E-state index contributed by atoms with van der Waals surface area (Å²) in [5.41, 5.74) is -0.285. The third kappa shape index (κ3) is 3.28. The quantitative estimate of drug-likeness (QED) is 0.478. The van der Waals surface area contributed by atoms with Gasteiger partial charge in [0.05, 0.1) is 12.3 Å². The van der Waals surface area contributed by atoms with Crippen LogP contribution in [0.2, 0.25) is 0 Å². The molecule has 0 atom stereocenters. The lowest BCUT2D eigenvalue weighted by Crippen LogP contribution is -2.12. The van der Waals surface area contributed by atoms with E-state index in [4.69, 9.17) is 16.4 Å². The summed E-state index contributed by atoms with van der Waals surface area (Å²) in [7, 11) is 0. The largest absolute Gasteiger partial charge is 0.0636 e. The summed E-state index contributed by atoms with van der Waals surface area (Å²) in [5.74, 6) is 0. The van der Waals surface area contributed by atoms with Crippen molar-refractivity contribution in [2.75, 3.05) is 0 Å². The van der Waals surface area contributed by atoms with Crippen LogP contribution in [0.5, 0.6) is 0 Å². The molecule has 0 aliphatic rings. The van der Waals surface area contributed by atoms with Gasteiger partial charge in [0.25, 0.3) is 0 Å². The van der Waals surface area contributed by atoms with Gasteiger partial charge in [-0.15, -0.1) is 0 Å². The fourth-order valence-corrected chi connectivity index (χ4v) is 2.39. The maximum Gasteiger partial charge on any atom is 0.0636 e. The molecule has 0 bridgehead atoms. The van der Waals surface area contributed by atoms with Crippen LogP contribution in [-0.2, 0) is 5.41 Å². The van der Waals surface area contributed by atoms with Gasteiger partial charge in [-0.1, -0.05) is 81.2 Å². The smallest absolute Gasteiger partial charge is 0.0622 e. The summed E-state index contributed by atoms with van der Waals surface area (Å²) in [6, 6.07) is -2.15. The molecule has 0 spiro atoms. The maximum atomic E-state index is 8.94. The molecule has 0 aromatic heterocycles. The first-order valence-electron chi connectivity index (χ1n) is 13.7. The second kappa shape index (κ2) is 6.28. The first kappa shape index (κ1) is 7.27. The van der Waals surface area contributed by atoms with Crippen LogP contribution in [0.25, 0.3) is 22.3 Å². The predicted octanol–water partition coefficient (Wildman–Crippen LogP) is 6.93. The Kier molecular flexibility index (Phi) is 1.90. The molecule has 0 radical (unpaired) electrons. The Bertz CT molecular complexity index is 1370. The number of benzene rings is 3. The van der Waals surface area contributed by atoms with Crippen LogP contribution in [0.3, 0.4) is 0 Å². The molecule has 0 aliphatic heterocycles. The molecule has 3 rings (SSSR count). The van der Waals surface area contributed by atoms with E-state index in [2.05, 4.69) is 0 Å². The molecule has 3 aromatic carbocycles. The zero-order chi connectivity index (χ0) is 27.7. The monoisotopic (exact) mass is 326 g/mol. The highest BCUT2D eigenvalue weighted by Crippen LogP contribution is 2.34. The number of hydrogen-bond donors (Lipinski definition) is 0. The average Bonchev–Trinajstić information content (AvgIpc) is 2.76. The van der Waals surface area contributed by atoms with Crippen molar-refractivity contribution in [3.8, 4) is 22.3 Å². The summed E-state index contributed by atoms with van der Waals surface area (Å²) in [4.78, 5) is 0. The number of hydrogen-bond acceptors (Lipinski definition) is 0. The van der Waals surface area contributed by atoms with Crippen LogP contribution in [0, 0.1) is 13.8 Å². The minimum atomic E-state index is -2.50. The molecule has 24 heavy (non-hydrogen) atoms. The van der Waals surface area contributed by atoms with E-state index in [1.54, 1.807) is 19.1 Å². The summed E-state index contributed by atoms with van der Waals surface area (Å²) >= 11 is 0. The molecule has 0 saturated carbocycles. The van der Waals surface area contributed by atoms with E-state index < -0.39 is 72.2 Å². The molecule has 3 aromatic rings. The van der Waals surface area contributed by atoms with Crippen molar-refractivity contribution in [2.45, 2.75) is 40.0 Å². The second-order valence-corrected chi connectivity index (χ2v) is 6.70. The van der Waals surface area contributed by atoms with Gasteiger partial charge in [-0.25, -0.2) is 0 Å². The number of rotatable bonds is 2. The first-order chi connectivity index (χ1) is 16.3. The van der Waals surface area contributed by atoms with Gasteiger partial charge in [0.15, 0.2) is 0 Å². The molecular formula is C24H26. The number of aryl methyl sites for hydroxylation is 1.